The highest BCUT2D eigenvalue weighted by molar-refractivity contribution is 5.71. The summed E-state index contributed by atoms with van der Waals surface area (Å²) in [5.41, 5.74) is 0. The SMILES string of the molecule is CCCCC/C=C\C/C=C\CCCCCCCCCCCC(=O)OCC(COC(=O)CCCCCCCCCCCCCCCC)OC(=O)CCCCCCC/C=C\CCCCCCC. The van der Waals surface area contributed by atoms with E-state index in [9.17, 15) is 14.4 Å². The van der Waals surface area contributed by atoms with Crippen LogP contribution in [0, 0.1) is 0 Å². The van der Waals surface area contributed by atoms with Crippen LogP contribution in [0.4, 0.5) is 0 Å². The van der Waals surface area contributed by atoms with E-state index in [1.165, 1.54) is 193 Å². The number of rotatable bonds is 52. The lowest BCUT2D eigenvalue weighted by atomic mass is 10.0. The molecule has 0 aromatic rings. The Morgan fingerprint density at radius 1 is 0.308 bits per heavy atom. The highest BCUT2D eigenvalue weighted by atomic mass is 16.6. The van der Waals surface area contributed by atoms with E-state index >= 15 is 0 Å². The van der Waals surface area contributed by atoms with E-state index in [0.29, 0.717) is 19.3 Å². The predicted octanol–water partition coefficient (Wildman–Crippen LogP) is 18.9. The molecule has 0 spiro atoms. The molecule has 0 aliphatic rings. The third-order valence-corrected chi connectivity index (χ3v) is 12.6. The van der Waals surface area contributed by atoms with Crippen molar-refractivity contribution >= 4 is 17.9 Å². The molecule has 0 fully saturated rings. The van der Waals surface area contributed by atoms with Crippen molar-refractivity contribution in [3.05, 3.63) is 36.5 Å². The third kappa shape index (κ3) is 52.5. The minimum Gasteiger partial charge on any atom is -0.462 e. The van der Waals surface area contributed by atoms with Crippen molar-refractivity contribution in [3.63, 3.8) is 0 Å². The summed E-state index contributed by atoms with van der Waals surface area (Å²) in [6.07, 6.45) is 64.1. The molecule has 0 amide bonds. The third-order valence-electron chi connectivity index (χ3n) is 12.6. The predicted molar refractivity (Wildman–Crippen MR) is 279 cm³/mol. The van der Waals surface area contributed by atoms with E-state index in [1.54, 1.807) is 0 Å². The molecule has 6 nitrogen and oxygen atoms in total. The Kier molecular flexibility index (Phi) is 52.3. The topological polar surface area (TPSA) is 78.9 Å². The molecule has 1 unspecified atom stereocenters. The number of esters is 3. The molecule has 0 radical (unpaired) electrons. The lowest BCUT2D eigenvalue weighted by Gasteiger charge is -2.18. The van der Waals surface area contributed by atoms with E-state index in [4.69, 9.17) is 14.2 Å². The van der Waals surface area contributed by atoms with Crippen LogP contribution in [0.5, 0.6) is 0 Å². The van der Waals surface area contributed by atoms with Gasteiger partial charge in [0.05, 0.1) is 0 Å². The summed E-state index contributed by atoms with van der Waals surface area (Å²) < 4.78 is 16.9. The van der Waals surface area contributed by atoms with Crippen LogP contribution < -0.4 is 0 Å². The first-order chi connectivity index (χ1) is 32.0. The average Bonchev–Trinajstić information content (AvgIpc) is 3.30. The summed E-state index contributed by atoms with van der Waals surface area (Å²) in [4.78, 5) is 38.1. The number of unbranched alkanes of at least 4 members (excludes halogenated alkanes) is 35. The summed E-state index contributed by atoms with van der Waals surface area (Å²) in [6, 6.07) is 0. The number of hydrogen-bond donors (Lipinski definition) is 0. The molecule has 0 aliphatic heterocycles. The van der Waals surface area contributed by atoms with Gasteiger partial charge in [-0.05, 0) is 77.0 Å². The van der Waals surface area contributed by atoms with Crippen LogP contribution in [0.1, 0.15) is 303 Å². The fourth-order valence-corrected chi connectivity index (χ4v) is 8.29. The van der Waals surface area contributed by atoms with Gasteiger partial charge in [-0.15, -0.1) is 0 Å². The molecule has 0 bridgehead atoms. The standard InChI is InChI=1S/C59H108O6/c1-4-7-10-13-16-19-22-25-28-29-30-31-32-35-37-40-43-46-49-52-58(61)64-55-56(65-59(62)53-50-47-44-41-38-34-27-24-21-18-15-12-9-6-3)54-63-57(60)51-48-45-42-39-36-33-26-23-20-17-14-11-8-5-2/h16,19,24-25,27-28,56H,4-15,17-18,20-23,26,29-55H2,1-3H3/b19-16-,27-24-,28-25-. The molecule has 65 heavy (non-hydrogen) atoms. The smallest absolute Gasteiger partial charge is 0.306 e. The summed E-state index contributed by atoms with van der Waals surface area (Å²) in [6.45, 7) is 6.63. The Morgan fingerprint density at radius 3 is 0.892 bits per heavy atom. The lowest BCUT2D eigenvalue weighted by Crippen LogP contribution is -2.30. The van der Waals surface area contributed by atoms with Gasteiger partial charge >= 0.3 is 17.9 Å². The molecule has 0 aromatic heterocycles. The van der Waals surface area contributed by atoms with Crippen LogP contribution >= 0.6 is 0 Å². The van der Waals surface area contributed by atoms with E-state index in [-0.39, 0.29) is 31.1 Å². The minimum atomic E-state index is -0.775. The van der Waals surface area contributed by atoms with Gasteiger partial charge in [-0.3, -0.25) is 14.4 Å². The second-order valence-electron chi connectivity index (χ2n) is 19.2. The Bertz CT molecular complexity index is 1090. The number of ether oxygens (including phenoxy) is 3. The molecule has 0 heterocycles. The van der Waals surface area contributed by atoms with Crippen molar-refractivity contribution in [3.8, 4) is 0 Å². The van der Waals surface area contributed by atoms with Crippen LogP contribution in [0.2, 0.25) is 0 Å². The summed E-state index contributed by atoms with van der Waals surface area (Å²) in [5.74, 6) is -0.870. The second-order valence-corrected chi connectivity index (χ2v) is 19.2. The number of carbonyl (C=O) groups is 3. The van der Waals surface area contributed by atoms with Gasteiger partial charge in [0.1, 0.15) is 13.2 Å². The van der Waals surface area contributed by atoms with Crippen molar-refractivity contribution in [2.75, 3.05) is 13.2 Å². The summed E-state index contributed by atoms with van der Waals surface area (Å²) >= 11 is 0. The highest BCUT2D eigenvalue weighted by Gasteiger charge is 2.19. The van der Waals surface area contributed by atoms with Crippen LogP contribution in [-0.2, 0) is 28.6 Å². The fraction of sp³-hybridized carbons (Fsp3) is 0.847. The van der Waals surface area contributed by atoms with Crippen molar-refractivity contribution in [2.24, 2.45) is 0 Å². The molecule has 0 rings (SSSR count). The second kappa shape index (κ2) is 54.2. The Labute approximate surface area is 404 Å². The van der Waals surface area contributed by atoms with Gasteiger partial charge in [0.25, 0.3) is 0 Å². The quantitative estimate of drug-likeness (QED) is 0.0262. The largest absolute Gasteiger partial charge is 0.462 e. The maximum Gasteiger partial charge on any atom is 0.306 e. The zero-order valence-electron chi connectivity index (χ0n) is 43.5. The van der Waals surface area contributed by atoms with Crippen molar-refractivity contribution in [1.82, 2.24) is 0 Å². The van der Waals surface area contributed by atoms with Crippen LogP contribution in [0.15, 0.2) is 36.5 Å². The number of allylic oxidation sites excluding steroid dienone is 6. The van der Waals surface area contributed by atoms with E-state index in [1.807, 2.05) is 0 Å². The molecular formula is C59H108O6. The molecule has 6 heteroatoms. The summed E-state index contributed by atoms with van der Waals surface area (Å²) in [7, 11) is 0. The zero-order valence-corrected chi connectivity index (χ0v) is 43.5. The molecule has 1 atom stereocenters. The maximum atomic E-state index is 12.8. The van der Waals surface area contributed by atoms with Gasteiger partial charge in [0.2, 0.25) is 0 Å². The molecule has 0 aliphatic carbocycles. The number of carbonyl (C=O) groups excluding carboxylic acids is 3. The monoisotopic (exact) mass is 913 g/mol. The van der Waals surface area contributed by atoms with E-state index in [2.05, 4.69) is 57.2 Å². The Balaban J connectivity index is 4.33. The normalized spacial score (nSPS) is 12.2. The summed E-state index contributed by atoms with van der Waals surface area (Å²) in [5, 5.41) is 0. The van der Waals surface area contributed by atoms with E-state index < -0.39 is 6.10 Å². The van der Waals surface area contributed by atoms with Crippen LogP contribution in [0.3, 0.4) is 0 Å². The van der Waals surface area contributed by atoms with E-state index in [0.717, 1.165) is 70.6 Å². The Morgan fingerprint density at radius 2 is 0.554 bits per heavy atom. The zero-order chi connectivity index (χ0) is 47.2. The maximum absolute atomic E-state index is 12.8. The minimum absolute atomic E-state index is 0.0731. The van der Waals surface area contributed by atoms with Gasteiger partial charge in [-0.25, -0.2) is 0 Å². The lowest BCUT2D eigenvalue weighted by molar-refractivity contribution is -0.167. The molecular weight excluding hydrogens is 805 g/mol. The van der Waals surface area contributed by atoms with Crippen molar-refractivity contribution in [2.45, 2.75) is 309 Å². The van der Waals surface area contributed by atoms with Gasteiger partial charge in [0, 0.05) is 19.3 Å². The first-order valence-electron chi connectivity index (χ1n) is 28.5. The fourth-order valence-electron chi connectivity index (χ4n) is 8.29. The van der Waals surface area contributed by atoms with Gasteiger partial charge in [-0.2, -0.15) is 0 Å². The van der Waals surface area contributed by atoms with Crippen molar-refractivity contribution < 1.29 is 28.6 Å². The molecule has 0 saturated heterocycles. The van der Waals surface area contributed by atoms with Gasteiger partial charge < -0.3 is 14.2 Å². The first-order valence-corrected chi connectivity index (χ1v) is 28.5. The molecule has 0 N–H and O–H groups in total. The van der Waals surface area contributed by atoms with Gasteiger partial charge in [-0.1, -0.05) is 243 Å². The van der Waals surface area contributed by atoms with Gasteiger partial charge in [0.15, 0.2) is 6.10 Å². The number of hydrogen-bond acceptors (Lipinski definition) is 6. The Hall–Kier alpha value is -2.37. The van der Waals surface area contributed by atoms with Crippen molar-refractivity contribution in [1.29, 1.82) is 0 Å². The van der Waals surface area contributed by atoms with Crippen LogP contribution in [-0.4, -0.2) is 37.2 Å². The van der Waals surface area contributed by atoms with Crippen LogP contribution in [0.25, 0.3) is 0 Å². The highest BCUT2D eigenvalue weighted by Crippen LogP contribution is 2.16. The molecule has 380 valence electrons. The molecule has 0 aromatic carbocycles. The average molecular weight is 914 g/mol. The molecule has 0 saturated carbocycles. The first kappa shape index (κ1) is 62.6.